The molecule has 0 spiro atoms. The van der Waals surface area contributed by atoms with Crippen molar-refractivity contribution >= 4 is 36.2 Å². The molecule has 0 fully saturated rings. The zero-order valence-electron chi connectivity index (χ0n) is 10.1. The van der Waals surface area contributed by atoms with E-state index in [4.69, 9.17) is 21.4 Å². The molecular weight excluding hydrogens is 311 g/mol. The number of carboxylic acids is 1. The Labute approximate surface area is 117 Å². The minimum atomic E-state index is -4.65. The first-order valence-electron chi connectivity index (χ1n) is 5.25. The SMILES string of the molecule is COC(C(=O)O)c1c(Cl)ccc2ncc(P(=O)(O)O)n12. The van der Waals surface area contributed by atoms with E-state index in [0.717, 1.165) is 17.7 Å². The lowest BCUT2D eigenvalue weighted by Gasteiger charge is -2.16. The summed E-state index contributed by atoms with van der Waals surface area (Å²) in [6.45, 7) is 0. The first kappa shape index (κ1) is 15.0. The van der Waals surface area contributed by atoms with Crippen molar-refractivity contribution in [3.05, 3.63) is 29.0 Å². The van der Waals surface area contributed by atoms with Crippen molar-refractivity contribution in [1.82, 2.24) is 9.38 Å². The molecule has 1 unspecified atom stereocenters. The maximum absolute atomic E-state index is 11.5. The lowest BCUT2D eigenvalue weighted by Crippen LogP contribution is -2.22. The summed E-state index contributed by atoms with van der Waals surface area (Å²) in [5.41, 5.74) is -0.394. The maximum Gasteiger partial charge on any atom is 0.374 e. The third kappa shape index (κ3) is 2.44. The number of imidazole rings is 1. The number of ether oxygens (including phenoxy) is 1. The fourth-order valence-corrected chi connectivity index (χ4v) is 2.76. The van der Waals surface area contributed by atoms with Crippen LogP contribution < -0.4 is 5.44 Å². The van der Waals surface area contributed by atoms with E-state index < -0.39 is 25.1 Å². The highest BCUT2D eigenvalue weighted by atomic mass is 35.5. The van der Waals surface area contributed by atoms with Crippen molar-refractivity contribution in [3.8, 4) is 0 Å². The number of pyridine rings is 1. The van der Waals surface area contributed by atoms with Crippen molar-refractivity contribution < 1.29 is 29.0 Å². The van der Waals surface area contributed by atoms with Gasteiger partial charge in [-0.15, -0.1) is 0 Å². The second kappa shape index (κ2) is 5.16. The van der Waals surface area contributed by atoms with Gasteiger partial charge in [-0.25, -0.2) is 9.78 Å². The number of nitrogens with zero attached hydrogens (tertiary/aromatic N) is 2. The van der Waals surface area contributed by atoms with Gasteiger partial charge in [0.25, 0.3) is 0 Å². The normalized spacial score (nSPS) is 13.6. The molecule has 0 radical (unpaired) electrons. The molecular formula is C10H10ClN2O6P. The summed E-state index contributed by atoms with van der Waals surface area (Å²) >= 11 is 5.95. The molecule has 0 aromatic carbocycles. The van der Waals surface area contributed by atoms with Gasteiger partial charge in [-0.2, -0.15) is 0 Å². The van der Waals surface area contributed by atoms with Gasteiger partial charge in [-0.05, 0) is 12.1 Å². The third-order valence-corrected chi connectivity index (χ3v) is 3.87. The Kier molecular flexibility index (Phi) is 3.86. The first-order chi connectivity index (χ1) is 9.27. The van der Waals surface area contributed by atoms with Gasteiger partial charge in [0.1, 0.15) is 5.65 Å². The number of rotatable bonds is 4. The van der Waals surface area contributed by atoms with E-state index in [1.165, 1.54) is 12.1 Å². The van der Waals surface area contributed by atoms with Gasteiger partial charge in [0, 0.05) is 7.11 Å². The average Bonchev–Trinajstić information content (AvgIpc) is 2.76. The van der Waals surface area contributed by atoms with Crippen LogP contribution in [-0.2, 0) is 14.1 Å². The van der Waals surface area contributed by atoms with E-state index in [1.54, 1.807) is 0 Å². The summed E-state index contributed by atoms with van der Waals surface area (Å²) in [5.74, 6) is -1.34. The van der Waals surface area contributed by atoms with Crippen LogP contribution in [0.25, 0.3) is 5.65 Å². The molecule has 2 rings (SSSR count). The van der Waals surface area contributed by atoms with Gasteiger partial charge in [0.15, 0.2) is 11.5 Å². The van der Waals surface area contributed by atoms with Crippen LogP contribution in [0.3, 0.4) is 0 Å². The fraction of sp³-hybridized carbons (Fsp3) is 0.200. The van der Waals surface area contributed by atoms with Gasteiger partial charge >= 0.3 is 13.6 Å². The van der Waals surface area contributed by atoms with E-state index in [9.17, 15) is 19.1 Å². The van der Waals surface area contributed by atoms with Crippen LogP contribution in [0.5, 0.6) is 0 Å². The first-order valence-corrected chi connectivity index (χ1v) is 7.24. The quantitative estimate of drug-likeness (QED) is 0.704. The summed E-state index contributed by atoms with van der Waals surface area (Å²) in [5, 5.41) is 9.13. The highest BCUT2D eigenvalue weighted by Gasteiger charge is 2.30. The second-order valence-electron chi connectivity index (χ2n) is 3.87. The van der Waals surface area contributed by atoms with Gasteiger partial charge in [-0.1, -0.05) is 11.6 Å². The van der Waals surface area contributed by atoms with Crippen LogP contribution in [0.15, 0.2) is 18.3 Å². The molecule has 0 amide bonds. The van der Waals surface area contributed by atoms with Crippen LogP contribution in [0, 0.1) is 0 Å². The van der Waals surface area contributed by atoms with Crippen LogP contribution in [-0.4, -0.2) is 37.4 Å². The number of hydrogen-bond acceptors (Lipinski definition) is 4. The Hall–Kier alpha value is -1.44. The predicted octanol–water partition coefficient (Wildman–Crippen LogP) is 0.563. The van der Waals surface area contributed by atoms with Crippen LogP contribution in [0.1, 0.15) is 11.8 Å². The Morgan fingerprint density at radius 1 is 1.50 bits per heavy atom. The Morgan fingerprint density at radius 3 is 2.65 bits per heavy atom. The number of aromatic nitrogens is 2. The van der Waals surface area contributed by atoms with Crippen LogP contribution in [0.2, 0.25) is 5.02 Å². The summed E-state index contributed by atoms with van der Waals surface area (Å²) in [6, 6.07) is 2.80. The number of halogens is 1. The standard InChI is InChI=1S/C10H10ClN2O6P/c1-19-9(10(14)15)8-5(11)2-3-6-12-4-7(13(6)8)20(16,17)18/h2-4,9H,1H3,(H,14,15)(H2,16,17,18). The molecule has 0 aliphatic heterocycles. The Bertz CT molecular complexity index is 724. The number of methoxy groups -OCH3 is 1. The molecule has 8 nitrogen and oxygen atoms in total. The molecule has 3 N–H and O–H groups in total. The molecule has 0 saturated carbocycles. The van der Waals surface area contributed by atoms with E-state index >= 15 is 0 Å². The average molecular weight is 321 g/mol. The molecule has 20 heavy (non-hydrogen) atoms. The van der Waals surface area contributed by atoms with E-state index in [2.05, 4.69) is 4.98 Å². The summed E-state index contributed by atoms with van der Waals surface area (Å²) in [4.78, 5) is 33.6. The molecule has 2 heterocycles. The molecule has 0 aliphatic carbocycles. The number of fused-ring (bicyclic) bond motifs is 1. The zero-order chi connectivity index (χ0) is 15.1. The minimum absolute atomic E-state index is 0.000509. The second-order valence-corrected chi connectivity index (χ2v) is 5.83. The minimum Gasteiger partial charge on any atom is -0.479 e. The largest absolute Gasteiger partial charge is 0.479 e. The predicted molar refractivity (Wildman–Crippen MR) is 69.3 cm³/mol. The molecule has 10 heteroatoms. The highest BCUT2D eigenvalue weighted by Crippen LogP contribution is 2.36. The van der Waals surface area contributed by atoms with Crippen molar-refractivity contribution in [2.75, 3.05) is 7.11 Å². The van der Waals surface area contributed by atoms with E-state index in [1.807, 2.05) is 0 Å². The van der Waals surface area contributed by atoms with Crippen molar-refractivity contribution in [1.29, 1.82) is 0 Å². The fourth-order valence-electron chi connectivity index (χ4n) is 1.84. The topological polar surface area (TPSA) is 121 Å². The number of carbonyl (C=O) groups is 1. The monoisotopic (exact) mass is 320 g/mol. The van der Waals surface area contributed by atoms with Crippen LogP contribution in [0.4, 0.5) is 0 Å². The summed E-state index contributed by atoms with van der Waals surface area (Å²) in [6.07, 6.45) is -0.504. The Morgan fingerprint density at radius 2 is 2.15 bits per heavy atom. The summed E-state index contributed by atoms with van der Waals surface area (Å²) in [7, 11) is -3.49. The third-order valence-electron chi connectivity index (χ3n) is 2.64. The van der Waals surface area contributed by atoms with Crippen molar-refractivity contribution in [3.63, 3.8) is 0 Å². The highest BCUT2D eigenvalue weighted by molar-refractivity contribution is 7.60. The van der Waals surface area contributed by atoms with Gasteiger partial charge < -0.3 is 19.6 Å². The number of carboxylic acid groups (broad SMARTS) is 1. The number of aliphatic carboxylic acids is 1. The smallest absolute Gasteiger partial charge is 0.374 e. The summed E-state index contributed by atoms with van der Waals surface area (Å²) < 4.78 is 17.3. The maximum atomic E-state index is 11.5. The lowest BCUT2D eigenvalue weighted by molar-refractivity contribution is -0.149. The Balaban J connectivity index is 2.87. The number of hydrogen-bond donors (Lipinski definition) is 3. The molecule has 1 atom stereocenters. The van der Waals surface area contributed by atoms with Crippen LogP contribution >= 0.6 is 19.2 Å². The molecule has 108 valence electrons. The van der Waals surface area contributed by atoms with E-state index in [-0.39, 0.29) is 16.4 Å². The van der Waals surface area contributed by atoms with Crippen molar-refractivity contribution in [2.24, 2.45) is 0 Å². The molecule has 0 saturated heterocycles. The van der Waals surface area contributed by atoms with Gasteiger partial charge in [-0.3, -0.25) is 8.97 Å². The molecule has 2 aromatic rings. The van der Waals surface area contributed by atoms with E-state index in [0.29, 0.717) is 0 Å². The zero-order valence-corrected chi connectivity index (χ0v) is 11.7. The lowest BCUT2D eigenvalue weighted by atomic mass is 10.2. The van der Waals surface area contributed by atoms with Gasteiger partial charge in [0.2, 0.25) is 0 Å². The van der Waals surface area contributed by atoms with Crippen molar-refractivity contribution in [2.45, 2.75) is 6.10 Å². The molecule has 0 bridgehead atoms. The van der Waals surface area contributed by atoms with Gasteiger partial charge in [0.05, 0.1) is 16.9 Å². The molecule has 2 aromatic heterocycles. The molecule has 0 aliphatic rings.